The predicted octanol–water partition coefficient (Wildman–Crippen LogP) is 3.87. The molecule has 30 heavy (non-hydrogen) atoms. The Labute approximate surface area is 180 Å². The molecule has 2 fully saturated rings. The van der Waals surface area contributed by atoms with E-state index in [1.54, 1.807) is 42.5 Å². The van der Waals surface area contributed by atoms with Gasteiger partial charge in [-0.15, -0.1) is 10.2 Å². The molecule has 0 unspecified atom stereocenters. The monoisotopic (exact) mass is 428 g/mol. The fourth-order valence-electron chi connectivity index (χ4n) is 4.66. The Balaban J connectivity index is 1.32. The molecule has 1 aromatic carbocycles. The molecular weight excluding hydrogens is 396 g/mol. The van der Waals surface area contributed by atoms with Crippen molar-refractivity contribution in [2.75, 3.05) is 25.0 Å². The van der Waals surface area contributed by atoms with E-state index < -0.39 is 9.84 Å². The number of likely N-dealkylation sites (tertiary alicyclic amines) is 1. The first-order chi connectivity index (χ1) is 14.2. The predicted molar refractivity (Wildman–Crippen MR) is 118 cm³/mol. The maximum Gasteiger partial charge on any atom is 0.225 e. The average molecular weight is 429 g/mol. The van der Waals surface area contributed by atoms with Gasteiger partial charge in [0.2, 0.25) is 9.84 Å². The van der Waals surface area contributed by atoms with E-state index in [4.69, 9.17) is 0 Å². The van der Waals surface area contributed by atoms with E-state index >= 15 is 0 Å². The average Bonchev–Trinajstić information content (AvgIpc) is 3.25. The van der Waals surface area contributed by atoms with Crippen molar-refractivity contribution in [3.8, 4) is 0 Å². The highest BCUT2D eigenvalue weighted by atomic mass is 32.2. The summed E-state index contributed by atoms with van der Waals surface area (Å²) >= 11 is 0. The van der Waals surface area contributed by atoms with Gasteiger partial charge < -0.3 is 10.2 Å². The number of hydrogen-bond donors (Lipinski definition) is 1. The first-order valence-corrected chi connectivity index (χ1v) is 12.3. The van der Waals surface area contributed by atoms with E-state index in [1.807, 2.05) is 0 Å². The largest absolute Gasteiger partial charge is 0.366 e. The Morgan fingerprint density at radius 2 is 1.67 bits per heavy atom. The Bertz CT molecular complexity index is 941. The topological polar surface area (TPSA) is 75.2 Å². The minimum atomic E-state index is -3.62. The van der Waals surface area contributed by atoms with Crippen molar-refractivity contribution < 1.29 is 8.42 Å². The number of benzene rings is 1. The molecule has 162 valence electrons. The summed E-state index contributed by atoms with van der Waals surface area (Å²) in [5.74, 6) is 2.14. The van der Waals surface area contributed by atoms with Crippen LogP contribution in [0.15, 0.2) is 52.4 Å². The van der Waals surface area contributed by atoms with Crippen LogP contribution < -0.4 is 5.32 Å². The zero-order valence-electron chi connectivity index (χ0n) is 18.1. The van der Waals surface area contributed by atoms with Crippen LogP contribution in [-0.4, -0.2) is 49.2 Å². The number of sulfone groups is 1. The van der Waals surface area contributed by atoms with Crippen molar-refractivity contribution >= 4 is 15.7 Å². The van der Waals surface area contributed by atoms with Crippen LogP contribution >= 0.6 is 0 Å². The van der Waals surface area contributed by atoms with Crippen LogP contribution in [0.5, 0.6) is 0 Å². The normalized spacial score (nSPS) is 24.7. The molecule has 0 bridgehead atoms. The Morgan fingerprint density at radius 3 is 2.23 bits per heavy atom. The first-order valence-electron chi connectivity index (χ1n) is 10.8. The maximum atomic E-state index is 12.6. The summed E-state index contributed by atoms with van der Waals surface area (Å²) in [5.41, 5.74) is 0.389. The molecule has 3 atom stereocenters. The van der Waals surface area contributed by atoms with Gasteiger partial charge in [0.25, 0.3) is 0 Å². The lowest BCUT2D eigenvalue weighted by atomic mass is 9.92. The summed E-state index contributed by atoms with van der Waals surface area (Å²) in [7, 11) is -3.62. The molecule has 1 aliphatic carbocycles. The number of hydrogen-bond acceptors (Lipinski definition) is 6. The second kappa shape index (κ2) is 8.27. The second-order valence-corrected chi connectivity index (χ2v) is 11.9. The van der Waals surface area contributed by atoms with Crippen molar-refractivity contribution in [2.45, 2.75) is 56.0 Å². The number of anilines is 1. The smallest absolute Gasteiger partial charge is 0.225 e. The van der Waals surface area contributed by atoms with Crippen molar-refractivity contribution in [3.05, 3.63) is 42.5 Å². The fourth-order valence-corrected chi connectivity index (χ4v) is 5.81. The summed E-state index contributed by atoms with van der Waals surface area (Å²) in [6, 6.07) is 12.0. The van der Waals surface area contributed by atoms with E-state index in [9.17, 15) is 8.42 Å². The summed E-state index contributed by atoms with van der Waals surface area (Å²) in [6.45, 7) is 10.5. The number of nitrogens with one attached hydrogen (secondary N) is 1. The molecule has 1 saturated heterocycles. The van der Waals surface area contributed by atoms with Crippen LogP contribution in [0.1, 0.15) is 40.0 Å². The van der Waals surface area contributed by atoms with Crippen LogP contribution in [0, 0.1) is 17.3 Å². The number of nitrogens with zero attached hydrogens (tertiary/aromatic N) is 3. The zero-order valence-corrected chi connectivity index (χ0v) is 18.9. The van der Waals surface area contributed by atoms with Crippen molar-refractivity contribution in [2.24, 2.45) is 17.3 Å². The van der Waals surface area contributed by atoms with Crippen LogP contribution in [0.4, 0.5) is 5.82 Å². The van der Waals surface area contributed by atoms with Gasteiger partial charge in [0.1, 0.15) is 5.82 Å². The molecule has 0 amide bonds. The second-order valence-electron chi connectivity index (χ2n) is 9.98. The van der Waals surface area contributed by atoms with Gasteiger partial charge in [0.15, 0.2) is 5.03 Å². The molecule has 1 aliphatic heterocycles. The summed E-state index contributed by atoms with van der Waals surface area (Å²) in [6.07, 6.45) is 3.52. The standard InChI is InChI=1S/C23H32N4O2S/c1-23(2,3)11-12-27-15-17-13-19(14-18(17)16-27)24-21-9-10-22(26-25-21)30(28,29)20-7-5-4-6-8-20/h4-10,17-19H,11-16H2,1-3H3,(H,24,25)/t17-,18+,19+. The molecule has 1 saturated carbocycles. The zero-order chi connectivity index (χ0) is 21.4. The third kappa shape index (κ3) is 4.83. The molecule has 7 heteroatoms. The van der Waals surface area contributed by atoms with Gasteiger partial charge in [0, 0.05) is 19.1 Å². The number of rotatable bonds is 6. The quantitative estimate of drug-likeness (QED) is 0.753. The number of aromatic nitrogens is 2. The van der Waals surface area contributed by atoms with Crippen molar-refractivity contribution in [1.82, 2.24) is 15.1 Å². The van der Waals surface area contributed by atoms with Crippen molar-refractivity contribution in [3.63, 3.8) is 0 Å². The van der Waals surface area contributed by atoms with Crippen LogP contribution in [0.2, 0.25) is 0 Å². The van der Waals surface area contributed by atoms with Crippen molar-refractivity contribution in [1.29, 1.82) is 0 Å². The Kier molecular flexibility index (Phi) is 5.86. The summed E-state index contributed by atoms with van der Waals surface area (Å²) < 4.78 is 25.3. The van der Waals surface area contributed by atoms with Gasteiger partial charge in [-0.05, 0) is 67.3 Å². The van der Waals surface area contributed by atoms with E-state index in [0.29, 0.717) is 17.3 Å². The lowest BCUT2D eigenvalue weighted by molar-refractivity contribution is 0.250. The number of fused-ring (bicyclic) bond motifs is 1. The third-order valence-electron chi connectivity index (χ3n) is 6.33. The molecular formula is C23H32N4O2S. The fraction of sp³-hybridized carbons (Fsp3) is 0.565. The minimum absolute atomic E-state index is 0.0166. The lowest BCUT2D eigenvalue weighted by Gasteiger charge is -2.24. The Morgan fingerprint density at radius 1 is 1.00 bits per heavy atom. The summed E-state index contributed by atoms with van der Waals surface area (Å²) in [4.78, 5) is 2.86. The molecule has 0 spiro atoms. The molecule has 1 aromatic heterocycles. The van der Waals surface area contributed by atoms with Gasteiger partial charge in [0.05, 0.1) is 4.90 Å². The Hall–Kier alpha value is -1.99. The highest BCUT2D eigenvalue weighted by Crippen LogP contribution is 2.39. The highest BCUT2D eigenvalue weighted by molar-refractivity contribution is 7.91. The first kappa shape index (κ1) is 21.2. The molecule has 0 radical (unpaired) electrons. The SMILES string of the molecule is CC(C)(C)CCN1C[C@H]2C[C@H](Nc3ccc(S(=O)(=O)c4ccccc4)nn3)C[C@H]2C1. The minimum Gasteiger partial charge on any atom is -0.366 e. The molecule has 4 rings (SSSR count). The van der Waals surface area contributed by atoms with Crippen LogP contribution in [-0.2, 0) is 9.84 Å². The van der Waals surface area contributed by atoms with Crippen LogP contribution in [0.25, 0.3) is 0 Å². The maximum absolute atomic E-state index is 12.6. The highest BCUT2D eigenvalue weighted by Gasteiger charge is 2.40. The molecule has 2 aliphatic rings. The van der Waals surface area contributed by atoms with Gasteiger partial charge in [-0.25, -0.2) is 8.42 Å². The van der Waals surface area contributed by atoms with Gasteiger partial charge in [-0.3, -0.25) is 0 Å². The van der Waals surface area contributed by atoms with E-state index in [-0.39, 0.29) is 9.92 Å². The molecule has 6 nitrogen and oxygen atoms in total. The third-order valence-corrected chi connectivity index (χ3v) is 7.99. The van der Waals surface area contributed by atoms with Gasteiger partial charge >= 0.3 is 0 Å². The van der Waals surface area contributed by atoms with E-state index in [1.165, 1.54) is 26.1 Å². The van der Waals surface area contributed by atoms with E-state index in [2.05, 4.69) is 41.2 Å². The van der Waals surface area contributed by atoms with Gasteiger partial charge in [-0.2, -0.15) is 0 Å². The van der Waals surface area contributed by atoms with Crippen LogP contribution in [0.3, 0.4) is 0 Å². The molecule has 1 N–H and O–H groups in total. The molecule has 2 aromatic rings. The molecule has 2 heterocycles. The van der Waals surface area contributed by atoms with E-state index in [0.717, 1.165) is 24.7 Å². The van der Waals surface area contributed by atoms with Gasteiger partial charge in [-0.1, -0.05) is 39.0 Å². The summed E-state index contributed by atoms with van der Waals surface area (Å²) in [5, 5.41) is 11.6. The lowest BCUT2D eigenvalue weighted by Crippen LogP contribution is -2.28.